The van der Waals surface area contributed by atoms with E-state index >= 15 is 0 Å². The molecule has 0 spiro atoms. The minimum absolute atomic E-state index is 0.125. The number of hydrogen-bond acceptors (Lipinski definition) is 4. The Labute approximate surface area is 112 Å². The van der Waals surface area contributed by atoms with Gasteiger partial charge in [-0.25, -0.2) is 0 Å². The van der Waals surface area contributed by atoms with Gasteiger partial charge in [-0.05, 0) is 53.4 Å². The van der Waals surface area contributed by atoms with Crippen molar-refractivity contribution in [2.24, 2.45) is 0 Å². The smallest absolute Gasteiger partial charge is 0.0611 e. The number of rotatable bonds is 7. The van der Waals surface area contributed by atoms with Crippen molar-refractivity contribution in [1.82, 2.24) is 15.1 Å². The van der Waals surface area contributed by atoms with E-state index < -0.39 is 0 Å². The summed E-state index contributed by atoms with van der Waals surface area (Å²) in [4.78, 5) is 4.88. The van der Waals surface area contributed by atoms with Crippen molar-refractivity contribution in [3.8, 4) is 0 Å². The summed E-state index contributed by atoms with van der Waals surface area (Å²) in [5.74, 6) is 0. The fourth-order valence-electron chi connectivity index (χ4n) is 2.71. The van der Waals surface area contributed by atoms with Gasteiger partial charge >= 0.3 is 0 Å². The molecule has 2 unspecified atom stereocenters. The Kier molecular flexibility index (Phi) is 6.57. The number of hydrogen-bond donors (Lipinski definition) is 2. The zero-order valence-electron chi connectivity index (χ0n) is 12.6. The van der Waals surface area contributed by atoms with Gasteiger partial charge in [0.1, 0.15) is 0 Å². The highest BCUT2D eigenvalue weighted by Crippen LogP contribution is 2.16. The summed E-state index contributed by atoms with van der Waals surface area (Å²) in [6, 6.07) is 0.693. The molecular formula is C14H31N3O. The molecule has 4 nitrogen and oxygen atoms in total. The molecule has 1 fully saturated rings. The average molecular weight is 257 g/mol. The lowest BCUT2D eigenvalue weighted by atomic mass is 9.97. The van der Waals surface area contributed by atoms with Gasteiger partial charge in [-0.2, -0.15) is 0 Å². The van der Waals surface area contributed by atoms with Gasteiger partial charge < -0.3 is 20.2 Å². The van der Waals surface area contributed by atoms with Crippen LogP contribution in [0.2, 0.25) is 0 Å². The lowest BCUT2D eigenvalue weighted by molar-refractivity contribution is 0.107. The summed E-state index contributed by atoms with van der Waals surface area (Å²) in [6.45, 7) is 8.79. The molecular weight excluding hydrogens is 226 g/mol. The van der Waals surface area contributed by atoms with E-state index in [9.17, 15) is 5.11 Å². The molecule has 0 saturated carbocycles. The third kappa shape index (κ3) is 4.84. The summed E-state index contributed by atoms with van der Waals surface area (Å²) < 4.78 is 0. The maximum absolute atomic E-state index is 9.50. The van der Waals surface area contributed by atoms with Crippen molar-refractivity contribution in [2.75, 3.05) is 46.9 Å². The van der Waals surface area contributed by atoms with Crippen molar-refractivity contribution >= 4 is 0 Å². The second-order valence-corrected chi connectivity index (χ2v) is 6.06. The molecule has 108 valence electrons. The molecule has 1 saturated heterocycles. The molecule has 2 N–H and O–H groups in total. The molecule has 1 aliphatic rings. The van der Waals surface area contributed by atoms with Crippen LogP contribution in [0.5, 0.6) is 0 Å². The summed E-state index contributed by atoms with van der Waals surface area (Å²) in [7, 11) is 4.34. The van der Waals surface area contributed by atoms with Crippen molar-refractivity contribution in [3.63, 3.8) is 0 Å². The van der Waals surface area contributed by atoms with Crippen LogP contribution in [0.4, 0.5) is 0 Å². The Morgan fingerprint density at radius 1 is 1.44 bits per heavy atom. The van der Waals surface area contributed by atoms with Crippen molar-refractivity contribution < 1.29 is 5.11 Å². The topological polar surface area (TPSA) is 38.7 Å². The van der Waals surface area contributed by atoms with Gasteiger partial charge in [0.25, 0.3) is 0 Å². The third-order valence-corrected chi connectivity index (χ3v) is 4.14. The van der Waals surface area contributed by atoms with Crippen LogP contribution in [0.25, 0.3) is 0 Å². The number of nitrogens with zero attached hydrogens (tertiary/aromatic N) is 2. The average Bonchev–Trinajstić information content (AvgIpc) is 2.37. The van der Waals surface area contributed by atoms with E-state index in [1.807, 2.05) is 0 Å². The SMILES string of the molecule is CCNC(C)(CO)CCN1CCCC(N(C)C)C1. The van der Waals surface area contributed by atoms with Crippen molar-refractivity contribution in [2.45, 2.75) is 44.7 Å². The van der Waals surface area contributed by atoms with Gasteiger partial charge in [-0.15, -0.1) is 0 Å². The molecule has 0 aliphatic carbocycles. The summed E-state index contributed by atoms with van der Waals surface area (Å²) in [5.41, 5.74) is -0.125. The minimum Gasteiger partial charge on any atom is -0.394 e. The molecule has 1 heterocycles. The summed E-state index contributed by atoms with van der Waals surface area (Å²) in [5, 5.41) is 12.9. The van der Waals surface area contributed by atoms with E-state index in [2.05, 4.69) is 43.1 Å². The van der Waals surface area contributed by atoms with E-state index in [1.54, 1.807) is 0 Å². The van der Waals surface area contributed by atoms with E-state index in [1.165, 1.54) is 25.9 Å². The van der Waals surface area contributed by atoms with Gasteiger partial charge in [-0.1, -0.05) is 6.92 Å². The second-order valence-electron chi connectivity index (χ2n) is 6.06. The number of aliphatic hydroxyl groups excluding tert-OH is 1. The van der Waals surface area contributed by atoms with Crippen LogP contribution >= 0.6 is 0 Å². The molecule has 1 aliphatic heterocycles. The van der Waals surface area contributed by atoms with E-state index in [-0.39, 0.29) is 12.1 Å². The highest BCUT2D eigenvalue weighted by molar-refractivity contribution is 4.85. The number of aliphatic hydroxyl groups is 1. The standard InChI is InChI=1S/C14H31N3O/c1-5-15-14(2,12-18)8-10-17-9-6-7-13(11-17)16(3)4/h13,15,18H,5-12H2,1-4H3. The van der Waals surface area contributed by atoms with Crippen LogP contribution < -0.4 is 5.32 Å². The van der Waals surface area contributed by atoms with E-state index in [0.29, 0.717) is 6.04 Å². The fraction of sp³-hybridized carbons (Fsp3) is 1.00. The molecule has 0 aromatic heterocycles. The molecule has 2 atom stereocenters. The van der Waals surface area contributed by atoms with E-state index in [0.717, 1.165) is 19.5 Å². The maximum atomic E-state index is 9.50. The highest BCUT2D eigenvalue weighted by atomic mass is 16.3. The van der Waals surface area contributed by atoms with Gasteiger partial charge in [-0.3, -0.25) is 0 Å². The van der Waals surface area contributed by atoms with Crippen LogP contribution in [-0.4, -0.2) is 73.4 Å². The van der Waals surface area contributed by atoms with Crippen LogP contribution in [0.15, 0.2) is 0 Å². The Morgan fingerprint density at radius 3 is 2.72 bits per heavy atom. The second kappa shape index (κ2) is 7.43. The van der Waals surface area contributed by atoms with Crippen LogP contribution in [-0.2, 0) is 0 Å². The lowest BCUT2D eigenvalue weighted by Gasteiger charge is -2.38. The molecule has 0 amide bonds. The number of likely N-dealkylation sites (N-methyl/N-ethyl adjacent to an activating group) is 2. The maximum Gasteiger partial charge on any atom is 0.0611 e. The zero-order valence-corrected chi connectivity index (χ0v) is 12.6. The first kappa shape index (κ1) is 15.9. The van der Waals surface area contributed by atoms with Gasteiger partial charge in [0, 0.05) is 24.7 Å². The van der Waals surface area contributed by atoms with Crippen LogP contribution in [0.1, 0.15) is 33.1 Å². The number of likely N-dealkylation sites (tertiary alicyclic amines) is 1. The molecule has 0 radical (unpaired) electrons. The largest absolute Gasteiger partial charge is 0.394 e. The van der Waals surface area contributed by atoms with Crippen LogP contribution in [0, 0.1) is 0 Å². The lowest BCUT2D eigenvalue weighted by Crippen LogP contribution is -2.50. The zero-order chi connectivity index (χ0) is 13.6. The quantitative estimate of drug-likeness (QED) is 0.706. The minimum atomic E-state index is -0.125. The highest BCUT2D eigenvalue weighted by Gasteiger charge is 2.25. The van der Waals surface area contributed by atoms with Gasteiger partial charge in [0.2, 0.25) is 0 Å². The molecule has 18 heavy (non-hydrogen) atoms. The Hall–Kier alpha value is -0.160. The summed E-state index contributed by atoms with van der Waals surface area (Å²) >= 11 is 0. The predicted molar refractivity (Wildman–Crippen MR) is 76.9 cm³/mol. The molecule has 0 aromatic rings. The Bertz CT molecular complexity index is 235. The van der Waals surface area contributed by atoms with Gasteiger partial charge in [0.05, 0.1) is 6.61 Å². The number of piperidine rings is 1. The van der Waals surface area contributed by atoms with Gasteiger partial charge in [0.15, 0.2) is 0 Å². The molecule has 1 rings (SSSR count). The fourth-order valence-corrected chi connectivity index (χ4v) is 2.71. The summed E-state index contributed by atoms with van der Waals surface area (Å²) in [6.07, 6.45) is 3.62. The van der Waals surface area contributed by atoms with Crippen LogP contribution in [0.3, 0.4) is 0 Å². The number of nitrogens with one attached hydrogen (secondary N) is 1. The Balaban J connectivity index is 2.38. The first-order chi connectivity index (χ1) is 8.50. The monoisotopic (exact) mass is 257 g/mol. The Morgan fingerprint density at radius 2 is 2.17 bits per heavy atom. The first-order valence-electron chi connectivity index (χ1n) is 7.25. The van der Waals surface area contributed by atoms with Crippen molar-refractivity contribution in [1.29, 1.82) is 0 Å². The predicted octanol–water partition coefficient (Wildman–Crippen LogP) is 0.763. The molecule has 0 aromatic carbocycles. The molecule has 0 bridgehead atoms. The third-order valence-electron chi connectivity index (χ3n) is 4.14. The van der Waals surface area contributed by atoms with E-state index in [4.69, 9.17) is 0 Å². The first-order valence-corrected chi connectivity index (χ1v) is 7.25. The van der Waals surface area contributed by atoms with Crippen molar-refractivity contribution in [3.05, 3.63) is 0 Å². The normalized spacial score (nSPS) is 25.3. The molecule has 4 heteroatoms.